The van der Waals surface area contributed by atoms with Crippen LogP contribution >= 0.6 is 0 Å². The van der Waals surface area contributed by atoms with Crippen LogP contribution in [0, 0.1) is 0 Å². The first-order valence-electron chi connectivity index (χ1n) is 6.57. The highest BCUT2D eigenvalue weighted by atomic mass is 16.3. The second kappa shape index (κ2) is 5.03. The van der Waals surface area contributed by atoms with Crippen LogP contribution in [0.5, 0.6) is 0 Å². The van der Waals surface area contributed by atoms with E-state index in [1.165, 1.54) is 10.8 Å². The molecule has 0 fully saturated rings. The number of aliphatic hydroxyl groups excluding tert-OH is 2. The molecule has 0 aliphatic heterocycles. The smallest absolute Gasteiger partial charge is 0.0471 e. The first-order chi connectivity index (χ1) is 9.31. The molecule has 0 radical (unpaired) electrons. The van der Waals surface area contributed by atoms with Gasteiger partial charge < -0.3 is 15.2 Å². The molecule has 0 saturated heterocycles. The summed E-state index contributed by atoms with van der Waals surface area (Å²) >= 11 is 0. The molecule has 1 heterocycles. The van der Waals surface area contributed by atoms with E-state index in [4.69, 9.17) is 10.2 Å². The second-order valence-corrected chi connectivity index (χ2v) is 4.83. The fourth-order valence-electron chi connectivity index (χ4n) is 2.57. The normalized spacial score (nSPS) is 11.5. The molecule has 0 atom stereocenters. The summed E-state index contributed by atoms with van der Waals surface area (Å²) in [6, 6.07) is 12.5. The summed E-state index contributed by atoms with van der Waals surface area (Å²) in [6.07, 6.45) is 1.37. The summed E-state index contributed by atoms with van der Waals surface area (Å²) in [5.41, 5.74) is 4.49. The third-order valence-corrected chi connectivity index (χ3v) is 3.53. The minimum absolute atomic E-state index is 0.173. The van der Waals surface area contributed by atoms with Gasteiger partial charge in [0.25, 0.3) is 0 Å². The van der Waals surface area contributed by atoms with Gasteiger partial charge in [-0.15, -0.1) is 0 Å². The lowest BCUT2D eigenvalue weighted by Gasteiger charge is -1.99. The van der Waals surface area contributed by atoms with Gasteiger partial charge in [-0.05, 0) is 42.2 Å². The molecule has 0 unspecified atom stereocenters. The number of hydrogen-bond acceptors (Lipinski definition) is 2. The van der Waals surface area contributed by atoms with Crippen molar-refractivity contribution in [1.29, 1.82) is 0 Å². The molecule has 3 N–H and O–H groups in total. The van der Waals surface area contributed by atoms with Gasteiger partial charge in [0.05, 0.1) is 0 Å². The Labute approximate surface area is 111 Å². The Morgan fingerprint density at radius 2 is 1.42 bits per heavy atom. The van der Waals surface area contributed by atoms with E-state index in [1.54, 1.807) is 0 Å². The number of fused-ring (bicyclic) bond motifs is 3. The van der Waals surface area contributed by atoms with Gasteiger partial charge in [-0.2, -0.15) is 0 Å². The van der Waals surface area contributed by atoms with Crippen LogP contribution in [0.15, 0.2) is 36.4 Å². The van der Waals surface area contributed by atoms with Gasteiger partial charge in [0.1, 0.15) is 0 Å². The van der Waals surface area contributed by atoms with Crippen molar-refractivity contribution in [3.63, 3.8) is 0 Å². The molecule has 0 saturated carbocycles. The molecule has 0 aliphatic carbocycles. The summed E-state index contributed by atoms with van der Waals surface area (Å²) in [5, 5.41) is 20.4. The van der Waals surface area contributed by atoms with Crippen molar-refractivity contribution in [3.05, 3.63) is 47.5 Å². The molecule has 1 aromatic heterocycles. The van der Waals surface area contributed by atoms with E-state index in [2.05, 4.69) is 35.3 Å². The molecular formula is C16H17NO2. The van der Waals surface area contributed by atoms with Crippen LogP contribution < -0.4 is 0 Å². The maximum absolute atomic E-state index is 9.02. The standard InChI is InChI=1S/C16H17NO2/c18-7-5-11-2-4-15-14(9-11)13-3-1-12(6-8-19)10-16(13)17-15/h1-4,9-10,17-19H,5-8H2. The molecule has 3 aromatic rings. The number of rotatable bonds is 4. The predicted molar refractivity (Wildman–Crippen MR) is 77.4 cm³/mol. The largest absolute Gasteiger partial charge is 0.396 e. The molecule has 3 rings (SSSR count). The average Bonchev–Trinajstić information content (AvgIpc) is 2.77. The summed E-state index contributed by atoms with van der Waals surface area (Å²) in [5.74, 6) is 0. The van der Waals surface area contributed by atoms with Crippen molar-refractivity contribution in [2.75, 3.05) is 13.2 Å². The number of aliphatic hydroxyl groups is 2. The zero-order chi connectivity index (χ0) is 13.2. The summed E-state index contributed by atoms with van der Waals surface area (Å²) in [7, 11) is 0. The predicted octanol–water partition coefficient (Wildman–Crippen LogP) is 2.39. The monoisotopic (exact) mass is 255 g/mol. The highest BCUT2D eigenvalue weighted by molar-refractivity contribution is 6.07. The maximum atomic E-state index is 9.02. The third kappa shape index (κ3) is 2.23. The van der Waals surface area contributed by atoms with Gasteiger partial charge in [0.2, 0.25) is 0 Å². The van der Waals surface area contributed by atoms with Crippen molar-refractivity contribution < 1.29 is 10.2 Å². The molecular weight excluding hydrogens is 238 g/mol. The summed E-state index contributed by atoms with van der Waals surface area (Å²) < 4.78 is 0. The lowest BCUT2D eigenvalue weighted by atomic mass is 10.1. The zero-order valence-electron chi connectivity index (χ0n) is 10.7. The van der Waals surface area contributed by atoms with Crippen LogP contribution in [-0.4, -0.2) is 28.4 Å². The zero-order valence-corrected chi connectivity index (χ0v) is 10.7. The Kier molecular flexibility index (Phi) is 3.23. The van der Waals surface area contributed by atoms with Gasteiger partial charge in [0, 0.05) is 35.0 Å². The second-order valence-electron chi connectivity index (χ2n) is 4.83. The van der Waals surface area contributed by atoms with E-state index >= 15 is 0 Å². The van der Waals surface area contributed by atoms with E-state index in [0.29, 0.717) is 12.8 Å². The number of aromatic nitrogens is 1. The Morgan fingerprint density at radius 3 is 2.16 bits per heavy atom. The van der Waals surface area contributed by atoms with Gasteiger partial charge in [-0.3, -0.25) is 0 Å². The third-order valence-electron chi connectivity index (χ3n) is 3.53. The van der Waals surface area contributed by atoms with Crippen LogP contribution in [0.25, 0.3) is 21.8 Å². The van der Waals surface area contributed by atoms with Crippen LogP contribution in [0.4, 0.5) is 0 Å². The molecule has 3 heteroatoms. The fraction of sp³-hybridized carbons (Fsp3) is 0.250. The van der Waals surface area contributed by atoms with Crippen molar-refractivity contribution in [2.24, 2.45) is 0 Å². The molecule has 3 nitrogen and oxygen atoms in total. The number of nitrogens with one attached hydrogen (secondary N) is 1. The first kappa shape index (κ1) is 12.2. The Bertz CT molecular complexity index is 715. The van der Waals surface area contributed by atoms with Crippen LogP contribution in [0.1, 0.15) is 11.1 Å². The molecule has 98 valence electrons. The van der Waals surface area contributed by atoms with E-state index in [0.717, 1.165) is 22.2 Å². The SMILES string of the molecule is OCCc1ccc2c(c1)[nH]c1ccc(CCO)cc12. The Hall–Kier alpha value is -1.84. The molecule has 2 aromatic carbocycles. The van der Waals surface area contributed by atoms with Crippen LogP contribution in [0.2, 0.25) is 0 Å². The quantitative estimate of drug-likeness (QED) is 0.670. The van der Waals surface area contributed by atoms with Crippen molar-refractivity contribution in [1.82, 2.24) is 4.98 Å². The minimum Gasteiger partial charge on any atom is -0.396 e. The van der Waals surface area contributed by atoms with Gasteiger partial charge >= 0.3 is 0 Å². The van der Waals surface area contributed by atoms with Gasteiger partial charge in [0.15, 0.2) is 0 Å². The first-order valence-corrected chi connectivity index (χ1v) is 6.57. The highest BCUT2D eigenvalue weighted by Crippen LogP contribution is 2.27. The Balaban J connectivity index is 2.16. The van der Waals surface area contributed by atoms with E-state index in [1.807, 2.05) is 6.07 Å². The summed E-state index contributed by atoms with van der Waals surface area (Å²) in [4.78, 5) is 3.40. The topological polar surface area (TPSA) is 56.2 Å². The van der Waals surface area contributed by atoms with Crippen LogP contribution in [-0.2, 0) is 12.8 Å². The molecule has 0 bridgehead atoms. The molecule has 0 amide bonds. The Morgan fingerprint density at radius 1 is 0.737 bits per heavy atom. The molecule has 0 aliphatic rings. The lowest BCUT2D eigenvalue weighted by molar-refractivity contribution is 0.299. The van der Waals surface area contributed by atoms with Crippen molar-refractivity contribution in [2.45, 2.75) is 12.8 Å². The van der Waals surface area contributed by atoms with Gasteiger partial charge in [-0.25, -0.2) is 0 Å². The van der Waals surface area contributed by atoms with Gasteiger partial charge in [-0.1, -0.05) is 18.2 Å². The van der Waals surface area contributed by atoms with Crippen molar-refractivity contribution in [3.8, 4) is 0 Å². The lowest BCUT2D eigenvalue weighted by Crippen LogP contribution is -1.89. The number of hydrogen-bond donors (Lipinski definition) is 3. The number of aromatic amines is 1. The van der Waals surface area contributed by atoms with E-state index < -0.39 is 0 Å². The average molecular weight is 255 g/mol. The van der Waals surface area contributed by atoms with E-state index in [-0.39, 0.29) is 13.2 Å². The number of H-pyrrole nitrogens is 1. The number of benzene rings is 2. The van der Waals surface area contributed by atoms with Crippen LogP contribution in [0.3, 0.4) is 0 Å². The summed E-state index contributed by atoms with van der Waals surface area (Å²) in [6.45, 7) is 0.348. The van der Waals surface area contributed by atoms with E-state index in [9.17, 15) is 0 Å². The fourth-order valence-corrected chi connectivity index (χ4v) is 2.57. The maximum Gasteiger partial charge on any atom is 0.0471 e. The molecule has 19 heavy (non-hydrogen) atoms. The van der Waals surface area contributed by atoms with Crippen molar-refractivity contribution >= 4 is 21.8 Å². The highest BCUT2D eigenvalue weighted by Gasteiger charge is 2.06. The molecule has 0 spiro atoms. The minimum atomic E-state index is 0.173.